The van der Waals surface area contributed by atoms with Crippen LogP contribution in [0.15, 0.2) is 22.9 Å². The molecule has 0 aliphatic heterocycles. The maximum atomic E-state index is 11.8. The summed E-state index contributed by atoms with van der Waals surface area (Å²) < 4.78 is 4.87. The molecule has 2 heterocycles. The molecule has 0 bridgehead atoms. The van der Waals surface area contributed by atoms with Crippen molar-refractivity contribution in [3.63, 3.8) is 0 Å². The van der Waals surface area contributed by atoms with Crippen LogP contribution < -0.4 is 10.6 Å². The molecule has 7 nitrogen and oxygen atoms in total. The van der Waals surface area contributed by atoms with Gasteiger partial charge in [0.15, 0.2) is 6.61 Å². The maximum absolute atomic E-state index is 11.8. The zero-order valence-electron chi connectivity index (χ0n) is 12.6. The standard InChI is InChI=1S/C15H15N3O4S2/c19-12(18-15(21)17-9-3-4-9)7-22-13(20)6-10-8-24-14(16-10)11-2-1-5-23-11/h1-2,5,8-9H,3-4,6-7H2,(H2,17,18,19,21). The van der Waals surface area contributed by atoms with Gasteiger partial charge in [0.05, 0.1) is 17.0 Å². The topological polar surface area (TPSA) is 97.4 Å². The first-order valence-corrected chi connectivity index (χ1v) is 9.10. The third-order valence-corrected chi connectivity index (χ3v) is 5.07. The van der Waals surface area contributed by atoms with E-state index in [1.54, 1.807) is 16.7 Å². The molecule has 9 heteroatoms. The number of rotatable bonds is 6. The Morgan fingerprint density at radius 2 is 2.12 bits per heavy atom. The molecule has 1 aliphatic rings. The first-order valence-electron chi connectivity index (χ1n) is 7.34. The molecule has 3 amide bonds. The molecule has 1 saturated carbocycles. The van der Waals surface area contributed by atoms with Gasteiger partial charge in [0.25, 0.3) is 5.91 Å². The highest BCUT2D eigenvalue weighted by Crippen LogP contribution is 2.27. The van der Waals surface area contributed by atoms with Crippen LogP contribution in [0.1, 0.15) is 18.5 Å². The fourth-order valence-corrected chi connectivity index (χ4v) is 3.49. The van der Waals surface area contributed by atoms with Crippen LogP contribution in [0.3, 0.4) is 0 Å². The van der Waals surface area contributed by atoms with Crippen LogP contribution in [0.25, 0.3) is 9.88 Å². The Hall–Kier alpha value is -2.26. The number of aromatic nitrogens is 1. The smallest absolute Gasteiger partial charge is 0.321 e. The number of hydrogen-bond donors (Lipinski definition) is 2. The molecule has 24 heavy (non-hydrogen) atoms. The van der Waals surface area contributed by atoms with Gasteiger partial charge >= 0.3 is 12.0 Å². The molecule has 126 valence electrons. The number of imide groups is 1. The quantitative estimate of drug-likeness (QED) is 0.763. The molecule has 0 unspecified atom stereocenters. The Balaban J connectivity index is 1.40. The number of carbonyl (C=O) groups is 3. The molecule has 1 fully saturated rings. The average Bonchev–Trinajstić information content (AvgIpc) is 3.03. The number of nitrogens with one attached hydrogen (secondary N) is 2. The van der Waals surface area contributed by atoms with Crippen LogP contribution in [0.2, 0.25) is 0 Å². The summed E-state index contributed by atoms with van der Waals surface area (Å²) >= 11 is 3.03. The van der Waals surface area contributed by atoms with Crippen LogP contribution >= 0.6 is 22.7 Å². The molecular weight excluding hydrogens is 350 g/mol. The molecule has 0 spiro atoms. The summed E-state index contributed by atoms with van der Waals surface area (Å²) in [6, 6.07) is 3.50. The molecule has 2 aromatic heterocycles. The molecule has 0 saturated heterocycles. The van der Waals surface area contributed by atoms with E-state index >= 15 is 0 Å². The summed E-state index contributed by atoms with van der Waals surface area (Å²) in [4.78, 5) is 40.0. The Labute approximate surface area is 146 Å². The number of urea groups is 1. The zero-order valence-corrected chi connectivity index (χ0v) is 14.2. The highest BCUT2D eigenvalue weighted by molar-refractivity contribution is 7.20. The van der Waals surface area contributed by atoms with E-state index in [0.717, 1.165) is 22.7 Å². The van der Waals surface area contributed by atoms with E-state index in [2.05, 4.69) is 15.6 Å². The summed E-state index contributed by atoms with van der Waals surface area (Å²) in [6.07, 6.45) is 1.85. The van der Waals surface area contributed by atoms with Gasteiger partial charge in [0, 0.05) is 11.4 Å². The van der Waals surface area contributed by atoms with Gasteiger partial charge in [0.1, 0.15) is 5.01 Å². The van der Waals surface area contributed by atoms with Crippen LogP contribution in [0.5, 0.6) is 0 Å². The van der Waals surface area contributed by atoms with Gasteiger partial charge in [-0.25, -0.2) is 9.78 Å². The van der Waals surface area contributed by atoms with Crippen LogP contribution in [0, 0.1) is 0 Å². The average molecular weight is 365 g/mol. The second-order valence-electron chi connectivity index (χ2n) is 5.25. The summed E-state index contributed by atoms with van der Waals surface area (Å²) in [5.41, 5.74) is 0.597. The molecule has 0 radical (unpaired) electrons. The van der Waals surface area contributed by atoms with Crippen molar-refractivity contribution in [3.8, 4) is 9.88 Å². The van der Waals surface area contributed by atoms with E-state index in [-0.39, 0.29) is 12.5 Å². The molecule has 2 N–H and O–H groups in total. The van der Waals surface area contributed by atoms with Gasteiger partial charge in [0.2, 0.25) is 0 Å². The predicted molar refractivity (Wildman–Crippen MR) is 89.8 cm³/mol. The van der Waals surface area contributed by atoms with Gasteiger partial charge in [-0.3, -0.25) is 14.9 Å². The van der Waals surface area contributed by atoms with Crippen molar-refractivity contribution in [1.82, 2.24) is 15.6 Å². The van der Waals surface area contributed by atoms with Crippen LogP contribution in [-0.2, 0) is 20.7 Å². The van der Waals surface area contributed by atoms with Crippen molar-refractivity contribution in [2.75, 3.05) is 6.61 Å². The minimum Gasteiger partial charge on any atom is -0.455 e. The number of amides is 3. The van der Waals surface area contributed by atoms with E-state index in [1.165, 1.54) is 11.3 Å². The van der Waals surface area contributed by atoms with Gasteiger partial charge in [-0.1, -0.05) is 6.07 Å². The number of thiazole rings is 1. The molecule has 2 aromatic rings. The first kappa shape index (κ1) is 16.6. The fraction of sp³-hybridized carbons (Fsp3) is 0.333. The van der Waals surface area contributed by atoms with E-state index in [4.69, 9.17) is 4.74 Å². The van der Waals surface area contributed by atoms with E-state index in [9.17, 15) is 14.4 Å². The van der Waals surface area contributed by atoms with Crippen molar-refractivity contribution >= 4 is 40.6 Å². The highest BCUT2D eigenvalue weighted by Gasteiger charge is 2.24. The van der Waals surface area contributed by atoms with E-state index in [0.29, 0.717) is 5.69 Å². The second-order valence-corrected chi connectivity index (χ2v) is 7.06. The lowest BCUT2D eigenvalue weighted by Gasteiger charge is -2.06. The number of hydrogen-bond acceptors (Lipinski definition) is 7. The second kappa shape index (κ2) is 7.54. The van der Waals surface area contributed by atoms with Crippen LogP contribution in [-0.4, -0.2) is 35.5 Å². The van der Waals surface area contributed by atoms with Crippen molar-refractivity contribution in [1.29, 1.82) is 0 Å². The van der Waals surface area contributed by atoms with E-state index < -0.39 is 24.5 Å². The summed E-state index contributed by atoms with van der Waals surface area (Å²) in [5.74, 6) is -1.21. The van der Waals surface area contributed by atoms with Crippen molar-refractivity contribution in [3.05, 3.63) is 28.6 Å². The SMILES string of the molecule is O=C(COC(=O)Cc1csc(-c2cccs2)n1)NC(=O)NC1CC1. The molecule has 0 atom stereocenters. The minimum atomic E-state index is -0.654. The lowest BCUT2D eigenvalue weighted by molar-refractivity contribution is -0.147. The maximum Gasteiger partial charge on any atom is 0.321 e. The summed E-state index contributed by atoms with van der Waals surface area (Å²) in [7, 11) is 0. The Morgan fingerprint density at radius 1 is 1.29 bits per heavy atom. The predicted octanol–water partition coefficient (Wildman–Crippen LogP) is 1.95. The summed E-state index contributed by atoms with van der Waals surface area (Å²) in [5, 5.41) is 9.33. The normalized spacial score (nSPS) is 13.3. The van der Waals surface area contributed by atoms with Crippen molar-refractivity contribution < 1.29 is 19.1 Å². The van der Waals surface area contributed by atoms with E-state index in [1.807, 2.05) is 17.5 Å². The molecule has 1 aliphatic carbocycles. The largest absolute Gasteiger partial charge is 0.455 e. The lowest BCUT2D eigenvalue weighted by atomic mass is 10.3. The van der Waals surface area contributed by atoms with Crippen molar-refractivity contribution in [2.45, 2.75) is 25.3 Å². The van der Waals surface area contributed by atoms with Crippen LogP contribution in [0.4, 0.5) is 4.79 Å². The number of carbonyl (C=O) groups excluding carboxylic acids is 3. The Morgan fingerprint density at radius 3 is 2.83 bits per heavy atom. The third-order valence-electron chi connectivity index (χ3n) is 3.14. The first-order chi connectivity index (χ1) is 11.6. The minimum absolute atomic E-state index is 0.0105. The van der Waals surface area contributed by atoms with Gasteiger partial charge in [-0.05, 0) is 24.3 Å². The Bertz CT molecular complexity index is 738. The number of ether oxygens (including phenoxy) is 1. The highest BCUT2D eigenvalue weighted by atomic mass is 32.1. The number of nitrogens with zero attached hydrogens (tertiary/aromatic N) is 1. The third kappa shape index (κ3) is 4.87. The molecule has 0 aromatic carbocycles. The zero-order chi connectivity index (χ0) is 16.9. The lowest BCUT2D eigenvalue weighted by Crippen LogP contribution is -2.42. The summed E-state index contributed by atoms with van der Waals surface area (Å²) in [6.45, 7) is -0.487. The van der Waals surface area contributed by atoms with Gasteiger partial charge in [-0.15, -0.1) is 22.7 Å². The van der Waals surface area contributed by atoms with Gasteiger partial charge in [-0.2, -0.15) is 0 Å². The molecule has 3 rings (SSSR count). The monoisotopic (exact) mass is 365 g/mol. The number of thiophene rings is 1. The molecular formula is C15H15N3O4S2. The number of esters is 1. The Kier molecular flexibility index (Phi) is 5.21. The van der Waals surface area contributed by atoms with Crippen molar-refractivity contribution in [2.24, 2.45) is 0 Å². The van der Waals surface area contributed by atoms with Gasteiger partial charge < -0.3 is 10.1 Å². The fourth-order valence-electron chi connectivity index (χ4n) is 1.86.